The highest BCUT2D eigenvalue weighted by molar-refractivity contribution is 6.00. The maximum atomic E-state index is 14.4. The zero-order chi connectivity index (χ0) is 27.1. The van der Waals surface area contributed by atoms with E-state index in [2.05, 4.69) is 22.8 Å². The van der Waals surface area contributed by atoms with Crippen LogP contribution >= 0.6 is 0 Å². The van der Waals surface area contributed by atoms with Crippen LogP contribution in [0.2, 0.25) is 0 Å². The molecule has 0 bridgehead atoms. The van der Waals surface area contributed by atoms with Crippen molar-refractivity contribution in [2.24, 2.45) is 18.9 Å². The summed E-state index contributed by atoms with van der Waals surface area (Å²) in [6.45, 7) is 7.89. The van der Waals surface area contributed by atoms with Gasteiger partial charge in [-0.1, -0.05) is 44.2 Å². The molecule has 3 atom stereocenters. The molecule has 1 aliphatic heterocycles. The van der Waals surface area contributed by atoms with Crippen LogP contribution in [0.25, 0.3) is 10.9 Å². The molecular formula is C31H38N4O3. The summed E-state index contributed by atoms with van der Waals surface area (Å²) in [6, 6.07) is 13.7. The second-order valence-corrected chi connectivity index (χ2v) is 11.6. The molecule has 7 nitrogen and oxygen atoms in total. The average molecular weight is 515 g/mol. The molecule has 2 aliphatic rings. The third kappa shape index (κ3) is 4.82. The van der Waals surface area contributed by atoms with Gasteiger partial charge in [0.05, 0.1) is 0 Å². The normalized spacial score (nSPS) is 20.8. The molecule has 3 amide bonds. The summed E-state index contributed by atoms with van der Waals surface area (Å²) in [5.74, 6) is -0.497. The summed E-state index contributed by atoms with van der Waals surface area (Å²) in [5, 5.41) is 7.10. The molecule has 3 aromatic rings. The van der Waals surface area contributed by atoms with Crippen molar-refractivity contribution in [2.75, 3.05) is 0 Å². The van der Waals surface area contributed by atoms with Crippen LogP contribution in [0.5, 0.6) is 0 Å². The Morgan fingerprint density at radius 3 is 2.34 bits per heavy atom. The monoisotopic (exact) mass is 514 g/mol. The molecule has 1 aliphatic carbocycles. The van der Waals surface area contributed by atoms with Crippen molar-refractivity contribution in [3.8, 4) is 0 Å². The molecule has 1 unspecified atom stereocenters. The van der Waals surface area contributed by atoms with Gasteiger partial charge in [-0.25, -0.2) is 0 Å². The number of nitrogens with one attached hydrogen (secondary N) is 2. The molecule has 2 heterocycles. The smallest absolute Gasteiger partial charge is 0.247 e. The summed E-state index contributed by atoms with van der Waals surface area (Å²) >= 11 is 0. The third-order valence-corrected chi connectivity index (χ3v) is 7.89. The minimum atomic E-state index is -0.907. The van der Waals surface area contributed by atoms with Crippen LogP contribution in [0.1, 0.15) is 56.8 Å². The van der Waals surface area contributed by atoms with Gasteiger partial charge in [0, 0.05) is 24.8 Å². The Bertz CT molecular complexity index is 1350. The molecule has 200 valence electrons. The van der Waals surface area contributed by atoms with E-state index in [0.29, 0.717) is 12.0 Å². The molecule has 1 fully saturated rings. The van der Waals surface area contributed by atoms with Crippen molar-refractivity contribution >= 4 is 28.6 Å². The molecule has 0 radical (unpaired) electrons. The van der Waals surface area contributed by atoms with E-state index in [4.69, 9.17) is 0 Å². The second kappa shape index (κ2) is 10.3. The molecule has 0 saturated carbocycles. The van der Waals surface area contributed by atoms with Crippen LogP contribution in [0.4, 0.5) is 0 Å². The molecule has 0 spiro atoms. The number of piperazine rings is 1. The first-order chi connectivity index (χ1) is 18.1. The van der Waals surface area contributed by atoms with Gasteiger partial charge in [0.15, 0.2) is 0 Å². The fourth-order valence-corrected chi connectivity index (χ4v) is 6.15. The van der Waals surface area contributed by atoms with Gasteiger partial charge in [-0.2, -0.15) is 0 Å². The Morgan fingerprint density at radius 1 is 1.03 bits per heavy atom. The number of aryl methyl sites for hydroxylation is 1. The Balaban J connectivity index is 1.58. The molecule has 1 saturated heterocycles. The number of aromatic nitrogens is 1. The van der Waals surface area contributed by atoms with Crippen LogP contribution in [0.15, 0.2) is 54.7 Å². The van der Waals surface area contributed by atoms with E-state index in [1.807, 2.05) is 81.9 Å². The lowest BCUT2D eigenvalue weighted by atomic mass is 9.87. The Hall–Kier alpha value is -3.61. The van der Waals surface area contributed by atoms with Crippen molar-refractivity contribution in [2.45, 2.75) is 71.1 Å². The zero-order valence-corrected chi connectivity index (χ0v) is 22.9. The summed E-state index contributed by atoms with van der Waals surface area (Å²) < 4.78 is 2.02. The van der Waals surface area contributed by atoms with Crippen LogP contribution in [-0.4, -0.2) is 45.3 Å². The Morgan fingerprint density at radius 2 is 1.71 bits per heavy atom. The number of hydrogen-bond acceptors (Lipinski definition) is 3. The van der Waals surface area contributed by atoms with Gasteiger partial charge in [0.25, 0.3) is 0 Å². The summed E-state index contributed by atoms with van der Waals surface area (Å²) in [7, 11) is 1.98. The van der Waals surface area contributed by atoms with Gasteiger partial charge < -0.3 is 20.1 Å². The van der Waals surface area contributed by atoms with Crippen molar-refractivity contribution in [3.05, 3.63) is 71.4 Å². The third-order valence-electron chi connectivity index (χ3n) is 7.89. The van der Waals surface area contributed by atoms with Crippen LogP contribution in [0, 0.1) is 11.8 Å². The van der Waals surface area contributed by atoms with Gasteiger partial charge in [-0.3, -0.25) is 14.4 Å². The molecule has 5 rings (SSSR count). The summed E-state index contributed by atoms with van der Waals surface area (Å²) in [4.78, 5) is 43.5. The topological polar surface area (TPSA) is 83.4 Å². The molecule has 2 aromatic carbocycles. The number of nitrogens with zero attached hydrogens (tertiary/aromatic N) is 2. The zero-order valence-electron chi connectivity index (χ0n) is 22.9. The number of rotatable bonds is 7. The molecular weight excluding hydrogens is 476 g/mol. The van der Waals surface area contributed by atoms with Gasteiger partial charge in [0.1, 0.15) is 18.1 Å². The summed E-state index contributed by atoms with van der Waals surface area (Å²) in [6.07, 6.45) is 3.92. The molecule has 7 heteroatoms. The Labute approximate surface area is 224 Å². The number of amides is 3. The number of carbonyl (C=O) groups is 3. The van der Waals surface area contributed by atoms with Gasteiger partial charge in [-0.15, -0.1) is 0 Å². The first-order valence-electron chi connectivity index (χ1n) is 13.7. The van der Waals surface area contributed by atoms with Crippen molar-refractivity contribution in [1.82, 2.24) is 20.1 Å². The molecule has 2 N–H and O–H groups in total. The average Bonchev–Trinajstić information content (AvgIpc) is 3.45. The maximum Gasteiger partial charge on any atom is 0.247 e. The maximum absolute atomic E-state index is 14.4. The number of benzene rings is 2. The van der Waals surface area contributed by atoms with E-state index in [1.165, 1.54) is 11.1 Å². The highest BCUT2D eigenvalue weighted by Crippen LogP contribution is 2.36. The first-order valence-corrected chi connectivity index (χ1v) is 13.7. The highest BCUT2D eigenvalue weighted by Gasteiger charge is 2.49. The predicted molar refractivity (Wildman–Crippen MR) is 148 cm³/mol. The number of hydrogen-bond donors (Lipinski definition) is 2. The minimum absolute atomic E-state index is 0.0447. The highest BCUT2D eigenvalue weighted by atomic mass is 16.2. The van der Waals surface area contributed by atoms with Gasteiger partial charge in [0.2, 0.25) is 17.7 Å². The largest absolute Gasteiger partial charge is 0.352 e. The molecule has 1 aromatic heterocycles. The minimum Gasteiger partial charge on any atom is -0.352 e. The lowest BCUT2D eigenvalue weighted by Gasteiger charge is -2.45. The number of fused-ring (bicyclic) bond motifs is 2. The first kappa shape index (κ1) is 26.0. The predicted octanol–water partition coefficient (Wildman–Crippen LogP) is 3.90. The quantitative estimate of drug-likeness (QED) is 0.502. The SMILES string of the molecule is CC(C)C[C@@H]1C(=O)NC(C2Cc3ccccc3C2)C(=O)N1[C@@H](C(=O)NC(C)C)c1ccc2c(ccn2C)c1. The standard InChI is InChI=1S/C31H38N4O3/c1-18(2)14-26-29(36)33-27(24-15-20-8-6-7-9-21(20)16-24)31(38)35(26)28(30(37)32-19(3)4)23-10-11-25-22(17-23)12-13-34(25)5/h6-13,17-19,24,26-28H,14-16H2,1-5H3,(H,32,37)(H,33,36)/t26-,27?,28-/m1/s1. The van der Waals surface area contributed by atoms with E-state index in [9.17, 15) is 14.4 Å². The van der Waals surface area contributed by atoms with Crippen LogP contribution in [0.3, 0.4) is 0 Å². The second-order valence-electron chi connectivity index (χ2n) is 11.6. The van der Waals surface area contributed by atoms with E-state index in [0.717, 1.165) is 23.7 Å². The van der Waals surface area contributed by atoms with E-state index < -0.39 is 18.1 Å². The van der Waals surface area contributed by atoms with Crippen LogP contribution < -0.4 is 10.6 Å². The van der Waals surface area contributed by atoms with E-state index >= 15 is 0 Å². The van der Waals surface area contributed by atoms with Crippen molar-refractivity contribution in [3.63, 3.8) is 0 Å². The van der Waals surface area contributed by atoms with Crippen molar-refractivity contribution in [1.29, 1.82) is 0 Å². The lowest BCUT2D eigenvalue weighted by molar-refractivity contribution is -0.158. The van der Waals surface area contributed by atoms with Crippen LogP contribution in [-0.2, 0) is 34.3 Å². The number of carbonyl (C=O) groups excluding carboxylic acids is 3. The van der Waals surface area contributed by atoms with E-state index in [1.54, 1.807) is 4.90 Å². The molecule has 38 heavy (non-hydrogen) atoms. The van der Waals surface area contributed by atoms with E-state index in [-0.39, 0.29) is 35.6 Å². The fraction of sp³-hybridized carbons (Fsp3) is 0.452. The van der Waals surface area contributed by atoms with Gasteiger partial charge in [-0.05, 0) is 85.2 Å². The lowest BCUT2D eigenvalue weighted by Crippen LogP contribution is -2.67. The van der Waals surface area contributed by atoms with Gasteiger partial charge >= 0.3 is 0 Å². The Kier molecular flexibility index (Phi) is 7.03. The summed E-state index contributed by atoms with van der Waals surface area (Å²) in [5.41, 5.74) is 4.20. The fourth-order valence-electron chi connectivity index (χ4n) is 6.15. The van der Waals surface area contributed by atoms with Crippen molar-refractivity contribution < 1.29 is 14.4 Å².